The van der Waals surface area contributed by atoms with E-state index in [2.05, 4.69) is 12.3 Å². The highest BCUT2D eigenvalue weighted by molar-refractivity contribution is 5.74. The van der Waals surface area contributed by atoms with Crippen molar-refractivity contribution in [1.29, 1.82) is 0 Å². The molecule has 0 bridgehead atoms. The Morgan fingerprint density at radius 2 is 1.69 bits per heavy atom. The van der Waals surface area contributed by atoms with Gasteiger partial charge in [-0.15, -0.1) is 0 Å². The van der Waals surface area contributed by atoms with Gasteiger partial charge in [-0.2, -0.15) is 0 Å². The SMILES string of the molecule is CCCCCCOCCCCCC(=O)NN. The monoisotopic (exact) mass is 230 g/mol. The summed E-state index contributed by atoms with van der Waals surface area (Å²) in [6, 6.07) is 0. The molecule has 0 rings (SSSR count). The van der Waals surface area contributed by atoms with Crippen LogP contribution in [0.25, 0.3) is 0 Å². The molecular formula is C12H26N2O2. The van der Waals surface area contributed by atoms with Crippen LogP contribution in [0.3, 0.4) is 0 Å². The first kappa shape index (κ1) is 15.4. The Hall–Kier alpha value is -0.610. The van der Waals surface area contributed by atoms with Crippen molar-refractivity contribution in [2.45, 2.75) is 58.3 Å². The van der Waals surface area contributed by atoms with E-state index in [0.717, 1.165) is 32.5 Å². The summed E-state index contributed by atoms with van der Waals surface area (Å²) in [5, 5.41) is 0. The van der Waals surface area contributed by atoms with Crippen LogP contribution in [0.2, 0.25) is 0 Å². The molecule has 3 N–H and O–H groups in total. The molecule has 0 aromatic rings. The molecule has 0 fully saturated rings. The number of ether oxygens (including phenoxy) is 1. The van der Waals surface area contributed by atoms with Gasteiger partial charge in [0.1, 0.15) is 0 Å². The van der Waals surface area contributed by atoms with Crippen molar-refractivity contribution < 1.29 is 9.53 Å². The van der Waals surface area contributed by atoms with Crippen LogP contribution in [0.15, 0.2) is 0 Å². The zero-order chi connectivity index (χ0) is 12.1. The molecule has 96 valence electrons. The molecular weight excluding hydrogens is 204 g/mol. The number of hydrogen-bond donors (Lipinski definition) is 2. The first-order chi connectivity index (χ1) is 7.81. The van der Waals surface area contributed by atoms with E-state index < -0.39 is 0 Å². The highest BCUT2D eigenvalue weighted by atomic mass is 16.5. The summed E-state index contributed by atoms with van der Waals surface area (Å²) < 4.78 is 5.49. The van der Waals surface area contributed by atoms with Crippen molar-refractivity contribution in [3.05, 3.63) is 0 Å². The highest BCUT2D eigenvalue weighted by Gasteiger charge is 1.97. The highest BCUT2D eigenvalue weighted by Crippen LogP contribution is 2.02. The fourth-order valence-electron chi connectivity index (χ4n) is 1.47. The fraction of sp³-hybridized carbons (Fsp3) is 0.917. The normalized spacial score (nSPS) is 10.4. The van der Waals surface area contributed by atoms with Gasteiger partial charge in [-0.25, -0.2) is 5.84 Å². The summed E-state index contributed by atoms with van der Waals surface area (Å²) in [5.41, 5.74) is 2.13. The first-order valence-electron chi connectivity index (χ1n) is 6.38. The average molecular weight is 230 g/mol. The summed E-state index contributed by atoms with van der Waals surface area (Å²) >= 11 is 0. The van der Waals surface area contributed by atoms with Crippen LogP contribution in [-0.2, 0) is 9.53 Å². The molecule has 0 aliphatic heterocycles. The van der Waals surface area contributed by atoms with Crippen LogP contribution >= 0.6 is 0 Å². The zero-order valence-corrected chi connectivity index (χ0v) is 10.5. The molecule has 0 spiro atoms. The number of nitrogens with two attached hydrogens (primary N) is 1. The van der Waals surface area contributed by atoms with Gasteiger partial charge in [0, 0.05) is 19.6 Å². The topological polar surface area (TPSA) is 64.3 Å². The fourth-order valence-corrected chi connectivity index (χ4v) is 1.47. The number of hydrogen-bond acceptors (Lipinski definition) is 3. The Labute approximate surface area is 98.9 Å². The van der Waals surface area contributed by atoms with Crippen LogP contribution in [0.4, 0.5) is 0 Å². The second-order valence-corrected chi connectivity index (χ2v) is 4.05. The Morgan fingerprint density at radius 3 is 2.25 bits per heavy atom. The van der Waals surface area contributed by atoms with Crippen molar-refractivity contribution in [3.63, 3.8) is 0 Å². The third-order valence-electron chi connectivity index (χ3n) is 2.50. The number of amides is 1. The molecule has 16 heavy (non-hydrogen) atoms. The lowest BCUT2D eigenvalue weighted by Gasteiger charge is -2.03. The maximum Gasteiger partial charge on any atom is 0.233 e. The van der Waals surface area contributed by atoms with Crippen molar-refractivity contribution >= 4 is 5.91 Å². The van der Waals surface area contributed by atoms with Crippen LogP contribution in [0.1, 0.15) is 58.3 Å². The minimum Gasteiger partial charge on any atom is -0.381 e. The van der Waals surface area contributed by atoms with E-state index in [9.17, 15) is 4.79 Å². The molecule has 0 aliphatic rings. The number of rotatable bonds is 11. The number of hydrazine groups is 1. The minimum atomic E-state index is -0.0829. The van der Waals surface area contributed by atoms with Crippen LogP contribution in [0.5, 0.6) is 0 Å². The van der Waals surface area contributed by atoms with Crippen molar-refractivity contribution in [1.82, 2.24) is 5.43 Å². The molecule has 0 radical (unpaired) electrons. The maximum atomic E-state index is 10.8. The molecule has 0 unspecified atom stereocenters. The maximum absolute atomic E-state index is 10.8. The minimum absolute atomic E-state index is 0.0829. The first-order valence-corrected chi connectivity index (χ1v) is 6.38. The van der Waals surface area contributed by atoms with Crippen LogP contribution in [-0.4, -0.2) is 19.1 Å². The summed E-state index contributed by atoms with van der Waals surface area (Å²) in [6.45, 7) is 3.90. The van der Waals surface area contributed by atoms with E-state index in [1.165, 1.54) is 25.7 Å². The number of carbonyl (C=O) groups is 1. The van der Waals surface area contributed by atoms with Gasteiger partial charge in [0.25, 0.3) is 0 Å². The second-order valence-electron chi connectivity index (χ2n) is 4.05. The van der Waals surface area contributed by atoms with Crippen LogP contribution in [0, 0.1) is 0 Å². The summed E-state index contributed by atoms with van der Waals surface area (Å²) in [7, 11) is 0. The largest absolute Gasteiger partial charge is 0.381 e. The molecule has 0 saturated heterocycles. The number of nitrogens with one attached hydrogen (secondary N) is 1. The lowest BCUT2D eigenvalue weighted by Crippen LogP contribution is -2.29. The molecule has 0 aromatic heterocycles. The van der Waals surface area contributed by atoms with Gasteiger partial charge in [0.05, 0.1) is 0 Å². The lowest BCUT2D eigenvalue weighted by atomic mass is 10.2. The molecule has 0 atom stereocenters. The quantitative estimate of drug-likeness (QED) is 0.247. The van der Waals surface area contributed by atoms with E-state index in [-0.39, 0.29) is 5.91 Å². The molecule has 0 saturated carbocycles. The standard InChI is InChI=1S/C12H26N2O2/c1-2-3-4-7-10-16-11-8-5-6-9-12(15)14-13/h2-11,13H2,1H3,(H,14,15). The predicted octanol–water partition coefficient (Wildman–Crippen LogP) is 2.13. The van der Waals surface area contributed by atoms with Gasteiger partial charge >= 0.3 is 0 Å². The van der Waals surface area contributed by atoms with E-state index in [1.807, 2.05) is 0 Å². The molecule has 0 aliphatic carbocycles. The van der Waals surface area contributed by atoms with Crippen LogP contribution < -0.4 is 11.3 Å². The van der Waals surface area contributed by atoms with Gasteiger partial charge < -0.3 is 4.74 Å². The van der Waals surface area contributed by atoms with Crippen molar-refractivity contribution in [3.8, 4) is 0 Å². The molecule has 0 aromatic carbocycles. The summed E-state index contributed by atoms with van der Waals surface area (Å²) in [6.07, 6.45) is 8.49. The van der Waals surface area contributed by atoms with E-state index in [0.29, 0.717) is 6.42 Å². The molecule has 1 amide bonds. The van der Waals surface area contributed by atoms with Gasteiger partial charge in [-0.1, -0.05) is 32.6 Å². The van der Waals surface area contributed by atoms with E-state index in [1.54, 1.807) is 0 Å². The lowest BCUT2D eigenvalue weighted by molar-refractivity contribution is -0.121. The Bertz CT molecular complexity index is 163. The molecule has 4 heteroatoms. The van der Waals surface area contributed by atoms with Gasteiger partial charge in [-0.05, 0) is 19.3 Å². The van der Waals surface area contributed by atoms with Gasteiger partial charge in [0.2, 0.25) is 5.91 Å². The van der Waals surface area contributed by atoms with Crippen molar-refractivity contribution in [2.24, 2.45) is 5.84 Å². The molecule has 0 heterocycles. The average Bonchev–Trinajstić information content (AvgIpc) is 2.31. The third kappa shape index (κ3) is 11.5. The summed E-state index contributed by atoms with van der Waals surface area (Å²) in [4.78, 5) is 10.8. The zero-order valence-electron chi connectivity index (χ0n) is 10.5. The number of unbranched alkanes of at least 4 members (excludes halogenated alkanes) is 5. The second kappa shape index (κ2) is 12.5. The van der Waals surface area contributed by atoms with Crippen molar-refractivity contribution in [2.75, 3.05) is 13.2 Å². The predicted molar refractivity (Wildman–Crippen MR) is 65.8 cm³/mol. The Kier molecular flexibility index (Phi) is 12.0. The van der Waals surface area contributed by atoms with E-state index >= 15 is 0 Å². The smallest absolute Gasteiger partial charge is 0.233 e. The number of carbonyl (C=O) groups excluding carboxylic acids is 1. The van der Waals surface area contributed by atoms with Gasteiger partial charge in [-0.3, -0.25) is 10.2 Å². The third-order valence-corrected chi connectivity index (χ3v) is 2.50. The Balaban J connectivity index is 2.96. The van der Waals surface area contributed by atoms with Gasteiger partial charge in [0.15, 0.2) is 0 Å². The van der Waals surface area contributed by atoms with E-state index in [4.69, 9.17) is 10.6 Å². The Morgan fingerprint density at radius 1 is 1.06 bits per heavy atom. The molecule has 4 nitrogen and oxygen atoms in total. The summed E-state index contributed by atoms with van der Waals surface area (Å²) in [5.74, 6) is 4.89.